The summed E-state index contributed by atoms with van der Waals surface area (Å²) in [5.74, 6) is 0.330. The maximum atomic E-state index is 12.1. The molecule has 1 amide bonds. The second-order valence-electron chi connectivity index (χ2n) is 3.94. The Labute approximate surface area is 130 Å². The van der Waals surface area contributed by atoms with Gasteiger partial charge in [-0.1, -0.05) is 17.7 Å². The van der Waals surface area contributed by atoms with Gasteiger partial charge in [-0.3, -0.25) is 15.6 Å². The van der Waals surface area contributed by atoms with Crippen LogP contribution in [0.2, 0.25) is 5.02 Å². The van der Waals surface area contributed by atoms with Gasteiger partial charge in [0.1, 0.15) is 5.75 Å². The molecule has 0 atom stereocenters. The number of ether oxygens (including phenoxy) is 1. The smallest absolute Gasteiger partial charge is 0.270 e. The number of hydrazine groups is 1. The first-order valence-electron chi connectivity index (χ1n) is 5.75. The number of nitrogens with one attached hydrogen (secondary N) is 2. The van der Waals surface area contributed by atoms with Crippen molar-refractivity contribution in [2.75, 3.05) is 12.5 Å². The first-order chi connectivity index (χ1) is 9.60. The van der Waals surface area contributed by atoms with E-state index in [0.29, 0.717) is 26.5 Å². The Hall–Kier alpha value is -1.72. The third-order valence-corrected chi connectivity index (χ3v) is 3.49. The van der Waals surface area contributed by atoms with Crippen LogP contribution in [-0.2, 0) is 0 Å². The Morgan fingerprint density at radius 1 is 1.25 bits per heavy atom. The molecule has 0 aliphatic carbocycles. The summed E-state index contributed by atoms with van der Waals surface area (Å²) in [5.41, 5.74) is 6.57. The number of hydrogen-bond donors (Lipinski definition) is 2. The Balaban J connectivity index is 2.08. The molecule has 0 saturated heterocycles. The number of anilines is 1. The molecule has 2 aromatic carbocycles. The van der Waals surface area contributed by atoms with Gasteiger partial charge in [0.05, 0.1) is 18.4 Å². The van der Waals surface area contributed by atoms with Crippen LogP contribution in [0.15, 0.2) is 46.9 Å². The minimum absolute atomic E-state index is 0.282. The summed E-state index contributed by atoms with van der Waals surface area (Å²) in [6, 6.07) is 12.2. The molecule has 0 unspecified atom stereocenters. The molecule has 2 N–H and O–H groups in total. The number of carbonyl (C=O) groups excluding carboxylic acids is 1. The molecule has 2 rings (SSSR count). The molecule has 0 spiro atoms. The minimum atomic E-state index is -0.282. The molecule has 0 aliphatic heterocycles. The molecular formula is C14H12BrClN2O2. The first kappa shape index (κ1) is 14.7. The van der Waals surface area contributed by atoms with Crippen LogP contribution in [0, 0.1) is 0 Å². The number of methoxy groups -OCH3 is 1. The lowest BCUT2D eigenvalue weighted by Crippen LogP contribution is -2.29. The fourth-order valence-electron chi connectivity index (χ4n) is 1.57. The van der Waals surface area contributed by atoms with Crippen molar-refractivity contribution in [1.29, 1.82) is 0 Å². The molecule has 6 heteroatoms. The molecule has 104 valence electrons. The topological polar surface area (TPSA) is 50.4 Å². The van der Waals surface area contributed by atoms with E-state index in [1.54, 1.807) is 49.6 Å². The van der Waals surface area contributed by atoms with Gasteiger partial charge in [-0.2, -0.15) is 0 Å². The molecule has 0 bridgehead atoms. The average Bonchev–Trinajstić information content (AvgIpc) is 2.45. The van der Waals surface area contributed by atoms with Gasteiger partial charge in [0, 0.05) is 9.50 Å². The van der Waals surface area contributed by atoms with E-state index in [0.717, 1.165) is 0 Å². The predicted octanol–water partition coefficient (Wildman–Crippen LogP) is 3.87. The van der Waals surface area contributed by atoms with Gasteiger partial charge >= 0.3 is 0 Å². The van der Waals surface area contributed by atoms with Crippen LogP contribution in [-0.4, -0.2) is 13.0 Å². The fraction of sp³-hybridized carbons (Fsp3) is 0.0714. The van der Waals surface area contributed by atoms with Gasteiger partial charge in [0.2, 0.25) is 0 Å². The van der Waals surface area contributed by atoms with Crippen molar-refractivity contribution in [2.45, 2.75) is 0 Å². The lowest BCUT2D eigenvalue weighted by molar-refractivity contribution is 0.0961. The number of benzene rings is 2. The summed E-state index contributed by atoms with van der Waals surface area (Å²) in [5, 5.41) is 0.590. The molecule has 0 aliphatic rings. The maximum Gasteiger partial charge on any atom is 0.270 e. The van der Waals surface area contributed by atoms with Crippen LogP contribution in [0.25, 0.3) is 0 Å². The lowest BCUT2D eigenvalue weighted by atomic mass is 10.2. The molecule has 20 heavy (non-hydrogen) atoms. The van der Waals surface area contributed by atoms with Gasteiger partial charge in [-0.05, 0) is 52.3 Å². The Bertz CT molecular complexity index is 634. The SMILES string of the molecule is COc1ccc(Br)c(C(=O)NNc2cccc(Cl)c2)c1. The van der Waals surface area contributed by atoms with Crippen molar-refractivity contribution in [3.8, 4) is 5.75 Å². The van der Waals surface area contributed by atoms with Crippen LogP contribution in [0.1, 0.15) is 10.4 Å². The maximum absolute atomic E-state index is 12.1. The summed E-state index contributed by atoms with van der Waals surface area (Å²) >= 11 is 9.20. The average molecular weight is 356 g/mol. The summed E-state index contributed by atoms with van der Waals surface area (Å²) < 4.78 is 5.78. The zero-order chi connectivity index (χ0) is 14.5. The summed E-state index contributed by atoms with van der Waals surface area (Å²) in [7, 11) is 1.55. The Morgan fingerprint density at radius 3 is 2.75 bits per heavy atom. The highest BCUT2D eigenvalue weighted by molar-refractivity contribution is 9.10. The van der Waals surface area contributed by atoms with E-state index in [4.69, 9.17) is 16.3 Å². The molecule has 4 nitrogen and oxygen atoms in total. The minimum Gasteiger partial charge on any atom is -0.497 e. The molecule has 0 fully saturated rings. The Morgan fingerprint density at radius 2 is 2.05 bits per heavy atom. The van der Waals surface area contributed by atoms with Crippen molar-refractivity contribution >= 4 is 39.1 Å². The highest BCUT2D eigenvalue weighted by atomic mass is 79.9. The number of halogens is 2. The largest absolute Gasteiger partial charge is 0.497 e. The highest BCUT2D eigenvalue weighted by Crippen LogP contribution is 2.22. The van der Waals surface area contributed by atoms with Gasteiger partial charge in [-0.15, -0.1) is 0 Å². The van der Waals surface area contributed by atoms with E-state index in [-0.39, 0.29) is 5.91 Å². The van der Waals surface area contributed by atoms with Crippen LogP contribution >= 0.6 is 27.5 Å². The molecular weight excluding hydrogens is 344 g/mol. The summed E-state index contributed by atoms with van der Waals surface area (Å²) in [4.78, 5) is 12.1. The molecule has 0 heterocycles. The normalized spacial score (nSPS) is 9.95. The Kier molecular flexibility index (Phi) is 4.87. The second-order valence-corrected chi connectivity index (χ2v) is 5.23. The van der Waals surface area contributed by atoms with E-state index in [2.05, 4.69) is 26.8 Å². The van der Waals surface area contributed by atoms with Crippen LogP contribution in [0.5, 0.6) is 5.75 Å². The van der Waals surface area contributed by atoms with E-state index in [1.165, 1.54) is 0 Å². The molecule has 0 radical (unpaired) electrons. The third-order valence-electron chi connectivity index (χ3n) is 2.56. The van der Waals surface area contributed by atoms with Crippen LogP contribution in [0.3, 0.4) is 0 Å². The summed E-state index contributed by atoms with van der Waals surface area (Å²) in [6.07, 6.45) is 0. The monoisotopic (exact) mass is 354 g/mol. The van der Waals surface area contributed by atoms with Gasteiger partial charge in [0.25, 0.3) is 5.91 Å². The zero-order valence-electron chi connectivity index (χ0n) is 10.6. The lowest BCUT2D eigenvalue weighted by Gasteiger charge is -2.10. The van der Waals surface area contributed by atoms with Gasteiger partial charge in [-0.25, -0.2) is 0 Å². The van der Waals surface area contributed by atoms with Crippen LogP contribution in [0.4, 0.5) is 5.69 Å². The number of hydrogen-bond acceptors (Lipinski definition) is 3. The molecule has 0 saturated carbocycles. The van der Waals surface area contributed by atoms with Crippen molar-refractivity contribution in [2.24, 2.45) is 0 Å². The first-order valence-corrected chi connectivity index (χ1v) is 6.92. The second kappa shape index (κ2) is 6.63. The quantitative estimate of drug-likeness (QED) is 0.819. The number of carbonyl (C=O) groups is 1. The standard InChI is InChI=1S/C14H12BrClN2O2/c1-20-11-5-6-13(15)12(8-11)14(19)18-17-10-4-2-3-9(16)7-10/h2-8,17H,1H3,(H,18,19). The number of amides is 1. The van der Waals surface area contributed by atoms with E-state index in [9.17, 15) is 4.79 Å². The highest BCUT2D eigenvalue weighted by Gasteiger charge is 2.11. The predicted molar refractivity (Wildman–Crippen MR) is 83.2 cm³/mol. The molecule has 2 aromatic rings. The van der Waals surface area contributed by atoms with Crippen molar-refractivity contribution < 1.29 is 9.53 Å². The third kappa shape index (κ3) is 3.65. The van der Waals surface area contributed by atoms with Crippen molar-refractivity contribution in [3.05, 3.63) is 57.5 Å². The van der Waals surface area contributed by atoms with E-state index >= 15 is 0 Å². The van der Waals surface area contributed by atoms with Gasteiger partial charge in [0.15, 0.2) is 0 Å². The summed E-state index contributed by atoms with van der Waals surface area (Å²) in [6.45, 7) is 0. The van der Waals surface area contributed by atoms with Crippen LogP contribution < -0.4 is 15.6 Å². The fourth-order valence-corrected chi connectivity index (χ4v) is 2.18. The molecule has 0 aromatic heterocycles. The number of rotatable bonds is 4. The van der Waals surface area contributed by atoms with Crippen molar-refractivity contribution in [3.63, 3.8) is 0 Å². The van der Waals surface area contributed by atoms with E-state index in [1.807, 2.05) is 0 Å². The zero-order valence-corrected chi connectivity index (χ0v) is 13.0. The van der Waals surface area contributed by atoms with Crippen molar-refractivity contribution in [1.82, 2.24) is 5.43 Å². The van der Waals surface area contributed by atoms with Gasteiger partial charge < -0.3 is 4.74 Å². The van der Waals surface area contributed by atoms with E-state index < -0.39 is 0 Å².